The zero-order chi connectivity index (χ0) is 17.2. The zero-order valence-corrected chi connectivity index (χ0v) is 14.4. The van der Waals surface area contributed by atoms with Crippen molar-refractivity contribution >= 4 is 35.6 Å². The highest BCUT2D eigenvalue weighted by molar-refractivity contribution is 7.10. The fraction of sp³-hybridized carbons (Fsp3) is 0.571. The highest BCUT2D eigenvalue weighted by Crippen LogP contribution is 2.37. The molecule has 0 aromatic carbocycles. The van der Waals surface area contributed by atoms with Crippen molar-refractivity contribution in [3.8, 4) is 0 Å². The monoisotopic (exact) mass is 386 g/mol. The first-order chi connectivity index (χ1) is 10.7. The number of aliphatic carboxylic acids is 1. The highest BCUT2D eigenvalue weighted by Gasteiger charge is 2.52. The molecule has 10 heteroatoms. The minimum atomic E-state index is -4.58. The normalized spacial score (nSPS) is 21.3. The van der Waals surface area contributed by atoms with E-state index < -0.39 is 36.4 Å². The maximum Gasteiger partial charge on any atom is 0.393 e. The number of hydrogen-bond acceptors (Lipinski definition) is 4. The molecular formula is C14H18ClF3N2O3S. The van der Waals surface area contributed by atoms with Crippen LogP contribution in [0, 0.1) is 18.8 Å². The number of likely N-dealkylation sites (tertiary alicyclic amines) is 1. The number of thiophene rings is 1. The number of carboxylic acid groups (broad SMARTS) is 1. The molecule has 0 unspecified atom stereocenters. The lowest BCUT2D eigenvalue weighted by Crippen LogP contribution is -2.36. The quantitative estimate of drug-likeness (QED) is 0.814. The molecule has 5 nitrogen and oxygen atoms in total. The van der Waals surface area contributed by atoms with Crippen LogP contribution >= 0.6 is 23.7 Å². The number of alkyl halides is 3. The Morgan fingerprint density at radius 1 is 1.42 bits per heavy atom. The molecule has 0 aliphatic carbocycles. The first-order valence-electron chi connectivity index (χ1n) is 7.00. The van der Waals surface area contributed by atoms with E-state index in [0.717, 1.165) is 10.4 Å². The molecule has 1 saturated heterocycles. The summed E-state index contributed by atoms with van der Waals surface area (Å²) in [5.74, 6) is -5.36. The first kappa shape index (κ1) is 20.7. The van der Waals surface area contributed by atoms with Crippen molar-refractivity contribution in [2.24, 2.45) is 11.8 Å². The van der Waals surface area contributed by atoms with Crippen molar-refractivity contribution in [1.82, 2.24) is 10.2 Å². The average Bonchev–Trinajstić information content (AvgIpc) is 3.02. The molecule has 1 aliphatic heterocycles. The summed E-state index contributed by atoms with van der Waals surface area (Å²) in [7, 11) is 0. The van der Waals surface area contributed by atoms with Crippen LogP contribution in [0.15, 0.2) is 11.4 Å². The SMILES string of the molecule is Cc1ccsc1CNC(=O)CN1C[C@@H](C(F)(F)F)[C@H](C(=O)O)C1.Cl. The molecule has 1 amide bonds. The molecule has 0 bridgehead atoms. The molecular weight excluding hydrogens is 369 g/mol. The van der Waals surface area contributed by atoms with Gasteiger partial charge < -0.3 is 10.4 Å². The molecule has 0 saturated carbocycles. The van der Waals surface area contributed by atoms with Crippen molar-refractivity contribution < 1.29 is 27.9 Å². The Morgan fingerprint density at radius 3 is 2.54 bits per heavy atom. The number of carbonyl (C=O) groups excluding carboxylic acids is 1. The molecule has 2 atom stereocenters. The van der Waals surface area contributed by atoms with Gasteiger partial charge in [0.25, 0.3) is 0 Å². The Bertz CT molecular complexity index is 594. The minimum absolute atomic E-state index is 0. The predicted molar refractivity (Wildman–Crippen MR) is 85.3 cm³/mol. The van der Waals surface area contributed by atoms with Gasteiger partial charge in [0.2, 0.25) is 5.91 Å². The van der Waals surface area contributed by atoms with Gasteiger partial charge in [0.15, 0.2) is 0 Å². The molecule has 2 rings (SSSR count). The van der Waals surface area contributed by atoms with Gasteiger partial charge in [-0.25, -0.2) is 0 Å². The number of nitrogens with one attached hydrogen (secondary N) is 1. The number of amides is 1. The lowest BCUT2D eigenvalue weighted by molar-refractivity contribution is -0.188. The van der Waals surface area contributed by atoms with Crippen LogP contribution in [0.5, 0.6) is 0 Å². The van der Waals surface area contributed by atoms with E-state index in [1.165, 1.54) is 16.2 Å². The Balaban J connectivity index is 0.00000288. The second-order valence-corrected chi connectivity index (χ2v) is 6.59. The number of carbonyl (C=O) groups is 2. The summed E-state index contributed by atoms with van der Waals surface area (Å²) in [5.41, 5.74) is 1.04. The van der Waals surface area contributed by atoms with Crippen molar-refractivity contribution in [2.45, 2.75) is 19.6 Å². The summed E-state index contributed by atoms with van der Waals surface area (Å²) in [6, 6.07) is 1.91. The molecule has 136 valence electrons. The molecule has 1 aromatic heterocycles. The van der Waals surface area contributed by atoms with Crippen molar-refractivity contribution in [3.05, 3.63) is 21.9 Å². The maximum atomic E-state index is 12.9. The smallest absolute Gasteiger partial charge is 0.393 e. The van der Waals surface area contributed by atoms with Crippen molar-refractivity contribution in [3.63, 3.8) is 0 Å². The fourth-order valence-electron chi connectivity index (χ4n) is 2.62. The molecule has 2 heterocycles. The van der Waals surface area contributed by atoms with Gasteiger partial charge in [-0.1, -0.05) is 0 Å². The first-order valence-corrected chi connectivity index (χ1v) is 7.88. The zero-order valence-electron chi connectivity index (χ0n) is 12.8. The molecule has 24 heavy (non-hydrogen) atoms. The Labute approximate surface area is 147 Å². The summed E-state index contributed by atoms with van der Waals surface area (Å²) < 4.78 is 38.6. The molecule has 2 N–H and O–H groups in total. The van der Waals surface area contributed by atoms with Crippen LogP contribution in [0.25, 0.3) is 0 Å². The van der Waals surface area contributed by atoms with E-state index >= 15 is 0 Å². The molecule has 0 spiro atoms. The van der Waals surface area contributed by atoms with E-state index in [0.29, 0.717) is 6.54 Å². The van der Waals surface area contributed by atoms with Gasteiger partial charge in [-0.15, -0.1) is 23.7 Å². The van der Waals surface area contributed by atoms with E-state index in [9.17, 15) is 22.8 Å². The van der Waals surface area contributed by atoms with Crippen molar-refractivity contribution in [2.75, 3.05) is 19.6 Å². The Kier molecular flexibility index (Phi) is 7.06. The maximum absolute atomic E-state index is 12.9. The number of hydrogen-bond donors (Lipinski definition) is 2. The lowest BCUT2D eigenvalue weighted by Gasteiger charge is -2.18. The van der Waals surface area contributed by atoms with Crippen LogP contribution in [-0.2, 0) is 16.1 Å². The number of aryl methyl sites for hydroxylation is 1. The van der Waals surface area contributed by atoms with Gasteiger partial charge in [-0.2, -0.15) is 13.2 Å². The van der Waals surface area contributed by atoms with Crippen LogP contribution in [0.3, 0.4) is 0 Å². The van der Waals surface area contributed by atoms with Gasteiger partial charge in [0.1, 0.15) is 0 Å². The lowest BCUT2D eigenvalue weighted by atomic mass is 9.96. The molecule has 0 radical (unpaired) electrons. The fourth-order valence-corrected chi connectivity index (χ4v) is 3.47. The number of carboxylic acids is 1. The Hall–Kier alpha value is -1.32. The van der Waals surface area contributed by atoms with Gasteiger partial charge in [0.05, 0.1) is 24.9 Å². The van der Waals surface area contributed by atoms with Gasteiger partial charge in [-0.05, 0) is 23.9 Å². The van der Waals surface area contributed by atoms with Gasteiger partial charge in [-0.3, -0.25) is 14.5 Å². The van der Waals surface area contributed by atoms with E-state index in [1.807, 2.05) is 18.4 Å². The van der Waals surface area contributed by atoms with Gasteiger partial charge in [0, 0.05) is 18.0 Å². The topological polar surface area (TPSA) is 69.6 Å². The van der Waals surface area contributed by atoms with Gasteiger partial charge >= 0.3 is 12.1 Å². The predicted octanol–water partition coefficient (Wildman–Crippen LogP) is 2.29. The summed E-state index contributed by atoms with van der Waals surface area (Å²) in [4.78, 5) is 25.1. The largest absolute Gasteiger partial charge is 0.481 e. The summed E-state index contributed by atoms with van der Waals surface area (Å²) in [6.45, 7) is 1.25. The van der Waals surface area contributed by atoms with E-state index in [4.69, 9.17) is 5.11 Å². The number of nitrogens with zero attached hydrogens (tertiary/aromatic N) is 1. The number of halogens is 4. The van der Waals surface area contributed by atoms with Crippen LogP contribution in [-0.4, -0.2) is 47.7 Å². The third-order valence-electron chi connectivity index (χ3n) is 3.91. The van der Waals surface area contributed by atoms with E-state index in [-0.39, 0.29) is 25.5 Å². The van der Waals surface area contributed by atoms with Crippen LogP contribution in [0.2, 0.25) is 0 Å². The van der Waals surface area contributed by atoms with E-state index in [2.05, 4.69) is 5.32 Å². The summed E-state index contributed by atoms with van der Waals surface area (Å²) in [5, 5.41) is 13.5. The summed E-state index contributed by atoms with van der Waals surface area (Å²) in [6.07, 6.45) is -4.58. The van der Waals surface area contributed by atoms with E-state index in [1.54, 1.807) is 0 Å². The van der Waals surface area contributed by atoms with Crippen LogP contribution < -0.4 is 5.32 Å². The van der Waals surface area contributed by atoms with Crippen LogP contribution in [0.4, 0.5) is 13.2 Å². The standard InChI is InChI=1S/C14H17F3N2O3S.ClH/c1-8-2-3-23-11(8)4-18-12(20)7-19-5-9(13(21)22)10(6-19)14(15,16)17;/h2-3,9-10H,4-7H2,1H3,(H,18,20)(H,21,22);1H/t9-,10-;/m1./s1. The second-order valence-electron chi connectivity index (χ2n) is 5.59. The average molecular weight is 387 g/mol. The number of rotatable bonds is 5. The second kappa shape index (κ2) is 8.17. The van der Waals surface area contributed by atoms with Crippen molar-refractivity contribution in [1.29, 1.82) is 0 Å². The Morgan fingerprint density at radius 2 is 2.08 bits per heavy atom. The molecule has 1 fully saturated rings. The molecule has 1 aromatic rings. The third-order valence-corrected chi connectivity index (χ3v) is 4.94. The third kappa shape index (κ3) is 5.09. The highest BCUT2D eigenvalue weighted by atomic mass is 35.5. The molecule has 1 aliphatic rings. The van der Waals surface area contributed by atoms with Crippen LogP contribution in [0.1, 0.15) is 10.4 Å². The summed E-state index contributed by atoms with van der Waals surface area (Å²) >= 11 is 1.49. The minimum Gasteiger partial charge on any atom is -0.481 e.